The summed E-state index contributed by atoms with van der Waals surface area (Å²) in [5.41, 5.74) is 1.01. The van der Waals surface area contributed by atoms with Crippen molar-refractivity contribution in [1.29, 1.82) is 0 Å². The average molecular weight is 233 g/mol. The lowest BCUT2D eigenvalue weighted by atomic mass is 10.2. The lowest BCUT2D eigenvalue weighted by Crippen LogP contribution is -2.34. The zero-order chi connectivity index (χ0) is 12.3. The molecule has 0 amide bonds. The average Bonchev–Trinajstić information content (AvgIpc) is 2.36. The van der Waals surface area contributed by atoms with Gasteiger partial charge in [0.15, 0.2) is 0 Å². The van der Waals surface area contributed by atoms with E-state index in [1.165, 1.54) is 0 Å². The van der Waals surface area contributed by atoms with Crippen molar-refractivity contribution in [2.75, 3.05) is 26.9 Å². The predicted octanol–water partition coefficient (Wildman–Crippen LogP) is 1.03. The van der Waals surface area contributed by atoms with Crippen LogP contribution in [0.1, 0.15) is 12.0 Å². The van der Waals surface area contributed by atoms with Crippen LogP contribution >= 0.6 is 0 Å². The molecule has 0 fully saturated rings. The van der Waals surface area contributed by atoms with Gasteiger partial charge in [0, 0.05) is 25.3 Å². The molecule has 1 aromatic rings. The van der Waals surface area contributed by atoms with Gasteiger partial charge in [-0.3, -0.25) is 0 Å². The van der Waals surface area contributed by atoms with Gasteiger partial charge in [0.05, 0.1) is 13.2 Å². The van der Waals surface area contributed by atoms with E-state index in [2.05, 4.69) is 17.2 Å². The molecular formula is C14H19NO2. The van der Waals surface area contributed by atoms with E-state index in [9.17, 15) is 0 Å². The monoisotopic (exact) mass is 233 g/mol. The Hall–Kier alpha value is -1.34. The van der Waals surface area contributed by atoms with Gasteiger partial charge in [0.1, 0.15) is 0 Å². The molecule has 0 saturated heterocycles. The molecular weight excluding hydrogens is 214 g/mol. The Morgan fingerprint density at radius 1 is 1.35 bits per heavy atom. The first-order valence-corrected chi connectivity index (χ1v) is 5.74. The van der Waals surface area contributed by atoms with Crippen molar-refractivity contribution < 1.29 is 9.84 Å². The summed E-state index contributed by atoms with van der Waals surface area (Å²) in [5.74, 6) is 6.12. The Morgan fingerprint density at radius 3 is 2.76 bits per heavy atom. The Bertz CT molecular complexity index is 347. The summed E-state index contributed by atoms with van der Waals surface area (Å²) in [7, 11) is 1.65. The van der Waals surface area contributed by atoms with E-state index in [-0.39, 0.29) is 12.6 Å². The van der Waals surface area contributed by atoms with Gasteiger partial charge in [-0.15, -0.1) is 0 Å². The molecule has 2 N–H and O–H groups in total. The molecule has 0 saturated carbocycles. The van der Waals surface area contributed by atoms with Crippen molar-refractivity contribution in [3.8, 4) is 11.8 Å². The first-order valence-electron chi connectivity index (χ1n) is 5.74. The summed E-state index contributed by atoms with van der Waals surface area (Å²) in [6, 6.07) is 10.0. The van der Waals surface area contributed by atoms with Gasteiger partial charge in [0.2, 0.25) is 0 Å². The van der Waals surface area contributed by atoms with E-state index in [1.807, 2.05) is 30.3 Å². The van der Waals surface area contributed by atoms with Crippen LogP contribution in [-0.4, -0.2) is 38.0 Å². The van der Waals surface area contributed by atoms with Gasteiger partial charge in [-0.2, -0.15) is 0 Å². The second-order valence-electron chi connectivity index (χ2n) is 3.71. The largest absolute Gasteiger partial charge is 0.396 e. The van der Waals surface area contributed by atoms with Crippen LogP contribution in [0.4, 0.5) is 0 Å². The zero-order valence-electron chi connectivity index (χ0n) is 10.1. The summed E-state index contributed by atoms with van der Waals surface area (Å²) < 4.78 is 5.05. The number of hydrogen-bond donors (Lipinski definition) is 2. The lowest BCUT2D eigenvalue weighted by molar-refractivity contribution is 0.150. The molecule has 0 aliphatic carbocycles. The van der Waals surface area contributed by atoms with Crippen LogP contribution in [-0.2, 0) is 4.74 Å². The number of nitrogens with one attached hydrogen (secondary N) is 1. The molecule has 1 unspecified atom stereocenters. The van der Waals surface area contributed by atoms with E-state index < -0.39 is 0 Å². The van der Waals surface area contributed by atoms with Crippen LogP contribution in [0.15, 0.2) is 30.3 Å². The molecule has 1 rings (SSSR count). The second-order valence-corrected chi connectivity index (χ2v) is 3.71. The van der Waals surface area contributed by atoms with Crippen LogP contribution in [0.5, 0.6) is 0 Å². The van der Waals surface area contributed by atoms with Crippen molar-refractivity contribution in [2.24, 2.45) is 0 Å². The standard InChI is InChI=1S/C14H19NO2/c1-17-12-14(9-11-16)15-10-5-8-13-6-3-2-4-7-13/h2-4,6-7,14-16H,9-12H2,1H3. The van der Waals surface area contributed by atoms with Crippen LogP contribution in [0, 0.1) is 11.8 Å². The highest BCUT2D eigenvalue weighted by Gasteiger charge is 2.04. The molecule has 0 aliphatic heterocycles. The first kappa shape index (κ1) is 13.7. The van der Waals surface area contributed by atoms with Crippen molar-refractivity contribution in [2.45, 2.75) is 12.5 Å². The van der Waals surface area contributed by atoms with Crippen LogP contribution < -0.4 is 5.32 Å². The quantitative estimate of drug-likeness (QED) is 0.721. The third kappa shape index (κ3) is 6.08. The fourth-order valence-corrected chi connectivity index (χ4v) is 1.46. The van der Waals surface area contributed by atoms with Gasteiger partial charge < -0.3 is 15.2 Å². The molecule has 1 aromatic carbocycles. The second kappa shape index (κ2) is 8.77. The first-order chi connectivity index (χ1) is 8.36. The topological polar surface area (TPSA) is 41.5 Å². The van der Waals surface area contributed by atoms with E-state index in [0.717, 1.165) is 5.56 Å². The fourth-order valence-electron chi connectivity index (χ4n) is 1.46. The van der Waals surface area contributed by atoms with Crippen LogP contribution in [0.3, 0.4) is 0 Å². The third-order valence-corrected chi connectivity index (χ3v) is 2.33. The van der Waals surface area contributed by atoms with E-state index in [1.54, 1.807) is 7.11 Å². The number of aliphatic hydroxyl groups excluding tert-OH is 1. The van der Waals surface area contributed by atoms with E-state index in [4.69, 9.17) is 9.84 Å². The summed E-state index contributed by atoms with van der Waals surface area (Å²) in [4.78, 5) is 0. The van der Waals surface area contributed by atoms with Crippen molar-refractivity contribution in [3.05, 3.63) is 35.9 Å². The maximum atomic E-state index is 8.87. The minimum atomic E-state index is 0.160. The van der Waals surface area contributed by atoms with Crippen molar-refractivity contribution >= 4 is 0 Å². The number of ether oxygens (including phenoxy) is 1. The number of benzene rings is 1. The maximum absolute atomic E-state index is 8.87. The molecule has 3 nitrogen and oxygen atoms in total. The number of hydrogen-bond acceptors (Lipinski definition) is 3. The molecule has 0 bridgehead atoms. The maximum Gasteiger partial charge on any atom is 0.0617 e. The highest BCUT2D eigenvalue weighted by atomic mass is 16.5. The molecule has 92 valence electrons. The summed E-state index contributed by atoms with van der Waals surface area (Å²) in [6.45, 7) is 1.35. The smallest absolute Gasteiger partial charge is 0.0617 e. The Balaban J connectivity index is 2.33. The molecule has 3 heteroatoms. The minimum absolute atomic E-state index is 0.160. The van der Waals surface area contributed by atoms with Gasteiger partial charge in [-0.1, -0.05) is 30.0 Å². The molecule has 0 radical (unpaired) electrons. The molecule has 0 spiro atoms. The molecule has 0 aliphatic rings. The Labute approximate surface area is 103 Å². The van der Waals surface area contributed by atoms with Gasteiger partial charge in [0.25, 0.3) is 0 Å². The lowest BCUT2D eigenvalue weighted by Gasteiger charge is -2.14. The normalized spacial score (nSPS) is 11.6. The van der Waals surface area contributed by atoms with Gasteiger partial charge >= 0.3 is 0 Å². The molecule has 17 heavy (non-hydrogen) atoms. The Morgan fingerprint density at radius 2 is 2.12 bits per heavy atom. The summed E-state index contributed by atoms with van der Waals surface area (Å²) in [5, 5.41) is 12.1. The number of aliphatic hydroxyl groups is 1. The highest BCUT2D eigenvalue weighted by Crippen LogP contribution is 1.94. The van der Waals surface area contributed by atoms with Crippen molar-refractivity contribution in [3.63, 3.8) is 0 Å². The Kier molecular flexibility index (Phi) is 7.08. The minimum Gasteiger partial charge on any atom is -0.396 e. The SMILES string of the molecule is COCC(CCO)NCC#Cc1ccccc1. The summed E-state index contributed by atoms with van der Waals surface area (Å²) in [6.07, 6.45) is 0.681. The predicted molar refractivity (Wildman–Crippen MR) is 68.7 cm³/mol. The highest BCUT2D eigenvalue weighted by molar-refractivity contribution is 5.33. The number of rotatable bonds is 6. The molecule has 1 atom stereocenters. The molecule has 0 heterocycles. The third-order valence-electron chi connectivity index (χ3n) is 2.33. The van der Waals surface area contributed by atoms with Gasteiger partial charge in [-0.05, 0) is 18.6 Å². The van der Waals surface area contributed by atoms with Crippen molar-refractivity contribution in [1.82, 2.24) is 5.32 Å². The van der Waals surface area contributed by atoms with E-state index in [0.29, 0.717) is 19.6 Å². The van der Waals surface area contributed by atoms with Gasteiger partial charge in [-0.25, -0.2) is 0 Å². The van der Waals surface area contributed by atoms with E-state index >= 15 is 0 Å². The summed E-state index contributed by atoms with van der Waals surface area (Å²) >= 11 is 0. The van der Waals surface area contributed by atoms with Crippen LogP contribution in [0.2, 0.25) is 0 Å². The fraction of sp³-hybridized carbons (Fsp3) is 0.429. The molecule has 0 aromatic heterocycles. The zero-order valence-corrected chi connectivity index (χ0v) is 10.1. The van der Waals surface area contributed by atoms with Crippen LogP contribution in [0.25, 0.3) is 0 Å². The number of methoxy groups -OCH3 is 1.